The Balaban J connectivity index is 1.67. The normalized spacial score (nSPS) is 19.4. The van der Waals surface area contributed by atoms with Gasteiger partial charge in [-0.25, -0.2) is 14.2 Å². The monoisotopic (exact) mass is 375 g/mol. The Morgan fingerprint density at radius 2 is 2.04 bits per heavy atom. The molecule has 27 heavy (non-hydrogen) atoms. The second kappa shape index (κ2) is 8.32. The highest BCUT2D eigenvalue weighted by atomic mass is 19.1. The molecule has 1 fully saturated rings. The van der Waals surface area contributed by atoms with Crippen molar-refractivity contribution in [3.63, 3.8) is 0 Å². The van der Waals surface area contributed by atoms with Crippen LogP contribution in [0.2, 0.25) is 0 Å². The zero-order valence-electron chi connectivity index (χ0n) is 15.1. The number of aromatic nitrogens is 1. The maximum Gasteiger partial charge on any atom is 0.322 e. The van der Waals surface area contributed by atoms with Crippen LogP contribution in [0, 0.1) is 5.82 Å². The molecule has 0 radical (unpaired) electrons. The number of rotatable bonds is 5. The van der Waals surface area contributed by atoms with Crippen molar-refractivity contribution in [2.75, 3.05) is 18.4 Å². The van der Waals surface area contributed by atoms with Crippen molar-refractivity contribution < 1.29 is 23.8 Å². The Bertz CT molecular complexity index is 785. The van der Waals surface area contributed by atoms with Crippen LogP contribution in [0.3, 0.4) is 0 Å². The Morgan fingerprint density at radius 1 is 1.30 bits per heavy atom. The molecule has 2 amide bonds. The van der Waals surface area contributed by atoms with Crippen molar-refractivity contribution in [1.29, 1.82) is 0 Å². The fourth-order valence-electron chi connectivity index (χ4n) is 2.78. The number of anilines is 1. The van der Waals surface area contributed by atoms with Crippen LogP contribution in [0.15, 0.2) is 42.6 Å². The van der Waals surface area contributed by atoms with Gasteiger partial charge in [-0.15, -0.1) is 0 Å². The lowest BCUT2D eigenvalue weighted by Crippen LogP contribution is -2.34. The van der Waals surface area contributed by atoms with Crippen LogP contribution in [0.25, 0.3) is 0 Å². The third kappa shape index (κ3) is 4.93. The molecule has 0 bridgehead atoms. The van der Waals surface area contributed by atoms with Gasteiger partial charge in [-0.05, 0) is 50.2 Å². The molecule has 0 spiro atoms. The average Bonchev–Trinajstić information content (AvgIpc) is 2.99. The highest BCUT2D eigenvalue weighted by Crippen LogP contribution is 2.27. The van der Waals surface area contributed by atoms with Gasteiger partial charge in [0.1, 0.15) is 23.4 Å². The van der Waals surface area contributed by atoms with Crippen LogP contribution in [0.4, 0.5) is 14.9 Å². The number of hydrogen-bond acceptors (Lipinski definition) is 5. The van der Waals surface area contributed by atoms with Gasteiger partial charge in [-0.3, -0.25) is 0 Å². The number of carbonyl (C=O) groups excluding carboxylic acids is 1. The minimum Gasteiger partial charge on any atom is -0.437 e. The second-order valence-electron chi connectivity index (χ2n) is 6.54. The molecule has 2 heterocycles. The molecule has 0 saturated carbocycles. The Kier molecular flexibility index (Phi) is 5.88. The number of pyridine rings is 1. The summed E-state index contributed by atoms with van der Waals surface area (Å²) in [7, 11) is 0. The summed E-state index contributed by atoms with van der Waals surface area (Å²) in [4.78, 5) is 18.2. The van der Waals surface area contributed by atoms with Gasteiger partial charge < -0.3 is 24.8 Å². The standard InChI is InChI=1S/C19H22FN3O4/c1-12(2)26-17-11-23(10-16(17)24)19(25)22-15-4-3-9-21-18(15)27-14-7-5-13(20)6-8-14/h3-9,12,16-17,24H,10-11H2,1-2H3,(H,22,25). The number of amides is 2. The van der Waals surface area contributed by atoms with Crippen molar-refractivity contribution in [3.8, 4) is 11.6 Å². The predicted octanol–water partition coefficient (Wildman–Crippen LogP) is 3.02. The van der Waals surface area contributed by atoms with Gasteiger partial charge in [0, 0.05) is 6.20 Å². The van der Waals surface area contributed by atoms with E-state index in [2.05, 4.69) is 10.3 Å². The molecule has 2 unspecified atom stereocenters. The first-order valence-corrected chi connectivity index (χ1v) is 8.70. The van der Waals surface area contributed by atoms with Crippen LogP contribution in [0.1, 0.15) is 13.8 Å². The smallest absolute Gasteiger partial charge is 0.322 e. The summed E-state index contributed by atoms with van der Waals surface area (Å²) in [6, 6.07) is 8.42. The van der Waals surface area contributed by atoms with E-state index >= 15 is 0 Å². The lowest BCUT2D eigenvalue weighted by molar-refractivity contribution is -0.0393. The fourth-order valence-corrected chi connectivity index (χ4v) is 2.78. The first-order chi connectivity index (χ1) is 12.9. The van der Waals surface area contributed by atoms with E-state index < -0.39 is 12.2 Å². The largest absolute Gasteiger partial charge is 0.437 e. The summed E-state index contributed by atoms with van der Waals surface area (Å²) in [6.07, 6.45) is 0.337. The second-order valence-corrected chi connectivity index (χ2v) is 6.54. The van der Waals surface area contributed by atoms with Crippen LogP contribution in [0.5, 0.6) is 11.6 Å². The van der Waals surface area contributed by atoms with Gasteiger partial charge in [0.05, 0.1) is 25.3 Å². The lowest BCUT2D eigenvalue weighted by atomic mass is 10.2. The van der Waals surface area contributed by atoms with Gasteiger partial charge in [-0.1, -0.05) is 0 Å². The van der Waals surface area contributed by atoms with Gasteiger partial charge in [0.25, 0.3) is 0 Å². The number of likely N-dealkylation sites (tertiary alicyclic amines) is 1. The van der Waals surface area contributed by atoms with E-state index in [0.29, 0.717) is 18.0 Å². The third-order valence-corrected chi connectivity index (χ3v) is 4.01. The zero-order chi connectivity index (χ0) is 19.4. The van der Waals surface area contributed by atoms with Gasteiger partial charge in [-0.2, -0.15) is 0 Å². The van der Waals surface area contributed by atoms with Crippen LogP contribution >= 0.6 is 0 Å². The molecule has 144 valence electrons. The number of urea groups is 1. The Morgan fingerprint density at radius 3 is 2.74 bits per heavy atom. The molecule has 1 aromatic heterocycles. The molecular weight excluding hydrogens is 353 g/mol. The van der Waals surface area contributed by atoms with Crippen molar-refractivity contribution >= 4 is 11.7 Å². The predicted molar refractivity (Wildman–Crippen MR) is 97.3 cm³/mol. The third-order valence-electron chi connectivity index (χ3n) is 4.01. The number of aliphatic hydroxyl groups excluding tert-OH is 1. The van der Waals surface area contributed by atoms with Crippen LogP contribution in [-0.4, -0.2) is 52.4 Å². The summed E-state index contributed by atoms with van der Waals surface area (Å²) < 4.78 is 24.3. The molecule has 3 rings (SSSR count). The van der Waals surface area contributed by atoms with Crippen molar-refractivity contribution in [3.05, 3.63) is 48.4 Å². The van der Waals surface area contributed by atoms with E-state index in [1.165, 1.54) is 35.4 Å². The first kappa shape index (κ1) is 19.1. The van der Waals surface area contributed by atoms with E-state index in [4.69, 9.17) is 9.47 Å². The van der Waals surface area contributed by atoms with Crippen molar-refractivity contribution in [2.45, 2.75) is 32.2 Å². The van der Waals surface area contributed by atoms with Gasteiger partial charge in [0.15, 0.2) is 0 Å². The summed E-state index contributed by atoms with van der Waals surface area (Å²) in [5, 5.41) is 12.8. The number of nitrogens with one attached hydrogen (secondary N) is 1. The number of β-amino-alcohol motifs (C(OH)–C–C–N with tert-alkyl or cyclic N) is 1. The first-order valence-electron chi connectivity index (χ1n) is 8.70. The average molecular weight is 375 g/mol. The molecule has 1 saturated heterocycles. The van der Waals surface area contributed by atoms with E-state index in [1.54, 1.807) is 12.1 Å². The summed E-state index contributed by atoms with van der Waals surface area (Å²) in [6.45, 7) is 4.23. The maximum absolute atomic E-state index is 13.0. The number of halogens is 1. The molecule has 1 aliphatic rings. The quantitative estimate of drug-likeness (QED) is 0.839. The van der Waals surface area contributed by atoms with Crippen molar-refractivity contribution in [1.82, 2.24) is 9.88 Å². The number of carbonyl (C=O) groups is 1. The SMILES string of the molecule is CC(C)OC1CN(C(=O)Nc2cccnc2Oc2ccc(F)cc2)CC1O. The molecule has 8 heteroatoms. The summed E-state index contributed by atoms with van der Waals surface area (Å²) in [5.41, 5.74) is 0.370. The molecule has 1 aliphatic heterocycles. The fraction of sp³-hybridized carbons (Fsp3) is 0.368. The lowest BCUT2D eigenvalue weighted by Gasteiger charge is -2.19. The molecular formula is C19H22FN3O4. The molecule has 2 atom stereocenters. The van der Waals surface area contributed by atoms with Crippen LogP contribution in [-0.2, 0) is 4.74 Å². The van der Waals surface area contributed by atoms with E-state index in [0.717, 1.165) is 0 Å². The van der Waals surface area contributed by atoms with Gasteiger partial charge >= 0.3 is 6.03 Å². The highest BCUT2D eigenvalue weighted by molar-refractivity contribution is 5.90. The number of nitrogens with zero attached hydrogens (tertiary/aromatic N) is 2. The minimum absolute atomic E-state index is 0.0401. The Hall–Kier alpha value is -2.71. The summed E-state index contributed by atoms with van der Waals surface area (Å²) >= 11 is 0. The Labute approximate surface area is 156 Å². The van der Waals surface area contributed by atoms with E-state index in [-0.39, 0.29) is 30.4 Å². The van der Waals surface area contributed by atoms with Crippen molar-refractivity contribution in [2.24, 2.45) is 0 Å². The molecule has 0 aliphatic carbocycles. The highest BCUT2D eigenvalue weighted by Gasteiger charge is 2.35. The number of hydrogen-bond donors (Lipinski definition) is 2. The maximum atomic E-state index is 13.0. The van der Waals surface area contributed by atoms with E-state index in [9.17, 15) is 14.3 Å². The minimum atomic E-state index is -0.734. The molecule has 7 nitrogen and oxygen atoms in total. The number of benzene rings is 1. The topological polar surface area (TPSA) is 83.9 Å². The molecule has 1 aromatic carbocycles. The molecule has 2 N–H and O–H groups in total. The van der Waals surface area contributed by atoms with Crippen LogP contribution < -0.4 is 10.1 Å². The number of aliphatic hydroxyl groups is 1. The number of ether oxygens (including phenoxy) is 2. The van der Waals surface area contributed by atoms with Gasteiger partial charge in [0.2, 0.25) is 5.88 Å². The summed E-state index contributed by atoms with van der Waals surface area (Å²) in [5.74, 6) is 0.211. The molecule has 2 aromatic rings. The van der Waals surface area contributed by atoms with E-state index in [1.807, 2.05) is 13.8 Å². The zero-order valence-corrected chi connectivity index (χ0v) is 15.1.